The summed E-state index contributed by atoms with van der Waals surface area (Å²) in [6.07, 6.45) is -2.71. The number of aryl methyl sites for hydroxylation is 1. The number of hydrogen-bond acceptors (Lipinski definition) is 4. The molecule has 1 saturated heterocycles. The van der Waals surface area contributed by atoms with Crippen molar-refractivity contribution in [2.75, 3.05) is 13.1 Å². The average Bonchev–Trinajstić information content (AvgIpc) is 3.09. The van der Waals surface area contributed by atoms with E-state index in [1.54, 1.807) is 18.7 Å². The first-order valence-corrected chi connectivity index (χ1v) is 8.73. The predicted octanol–water partition coefficient (Wildman–Crippen LogP) is 1.34. The smallest absolute Gasteiger partial charge is 0.332 e. The van der Waals surface area contributed by atoms with Crippen molar-refractivity contribution in [3.05, 3.63) is 31.3 Å². The normalized spacial score (nSPS) is 14.8. The molecule has 2 amide bonds. The molecule has 7 nitrogen and oxygen atoms in total. The number of thiophene rings is 1. The van der Waals surface area contributed by atoms with Crippen LogP contribution in [-0.4, -0.2) is 39.6 Å². The number of amides is 2. The summed E-state index contributed by atoms with van der Waals surface area (Å²) in [5.41, 5.74) is -0.569. The molecule has 3 heterocycles. The summed E-state index contributed by atoms with van der Waals surface area (Å²) in [6, 6.07) is -0.201. The van der Waals surface area contributed by atoms with Crippen molar-refractivity contribution in [3.63, 3.8) is 0 Å². The Kier molecular flexibility index (Phi) is 4.63. The van der Waals surface area contributed by atoms with E-state index in [1.165, 1.54) is 0 Å². The minimum Gasteiger partial charge on any atom is -0.336 e. The molecule has 0 aliphatic carbocycles. The third kappa shape index (κ3) is 2.94. The lowest BCUT2D eigenvalue weighted by Crippen LogP contribution is -2.40. The zero-order chi connectivity index (χ0) is 18.3. The number of carbonyl (C=O) groups is 1. The van der Waals surface area contributed by atoms with Gasteiger partial charge in [0.05, 0.1) is 18.5 Å². The van der Waals surface area contributed by atoms with Gasteiger partial charge in [0.1, 0.15) is 4.83 Å². The zero-order valence-electron chi connectivity index (χ0n) is 13.8. The minimum absolute atomic E-state index is 0.107. The number of fused-ring (bicyclic) bond motifs is 1. The molecule has 0 radical (unpaired) electrons. The summed E-state index contributed by atoms with van der Waals surface area (Å²) >= 11 is 1.12. The fourth-order valence-corrected chi connectivity index (χ4v) is 4.32. The van der Waals surface area contributed by atoms with E-state index in [2.05, 4.69) is 5.32 Å². The maximum atomic E-state index is 12.9. The summed E-state index contributed by atoms with van der Waals surface area (Å²) in [7, 11) is 0. The molecule has 136 valence electrons. The number of rotatable bonds is 5. The standard InChI is InChI=1S/C15H18F2N4O3S/c1-3-20-12(22)11-8(2)9(6-19-5-4-18-14(19)23)25-13(11)21(15(20)24)7-10(16)17/h10H,3-7H2,1-2H3,(H,18,23). The van der Waals surface area contributed by atoms with Gasteiger partial charge in [0.25, 0.3) is 12.0 Å². The minimum atomic E-state index is -2.71. The van der Waals surface area contributed by atoms with E-state index >= 15 is 0 Å². The molecule has 10 heteroatoms. The molecule has 3 rings (SSSR count). The molecule has 0 bridgehead atoms. The molecule has 0 unspecified atom stereocenters. The average molecular weight is 372 g/mol. The molecule has 2 aromatic heterocycles. The highest BCUT2D eigenvalue weighted by atomic mass is 32.1. The fraction of sp³-hybridized carbons (Fsp3) is 0.533. The van der Waals surface area contributed by atoms with Crippen molar-refractivity contribution >= 4 is 27.6 Å². The number of carbonyl (C=O) groups excluding carboxylic acids is 1. The first-order chi connectivity index (χ1) is 11.8. The quantitative estimate of drug-likeness (QED) is 0.861. The Balaban J connectivity index is 2.21. The Morgan fingerprint density at radius 2 is 1.96 bits per heavy atom. The summed E-state index contributed by atoms with van der Waals surface area (Å²) in [5, 5.41) is 2.97. The third-order valence-electron chi connectivity index (χ3n) is 4.31. The van der Waals surface area contributed by atoms with Crippen LogP contribution >= 0.6 is 11.3 Å². The van der Waals surface area contributed by atoms with Gasteiger partial charge >= 0.3 is 11.7 Å². The predicted molar refractivity (Wildman–Crippen MR) is 90.6 cm³/mol. The van der Waals surface area contributed by atoms with Gasteiger partial charge in [-0.25, -0.2) is 18.4 Å². The van der Waals surface area contributed by atoms with E-state index in [9.17, 15) is 23.2 Å². The molecule has 0 saturated carbocycles. The van der Waals surface area contributed by atoms with Crippen LogP contribution in [0.3, 0.4) is 0 Å². The van der Waals surface area contributed by atoms with Crippen LogP contribution in [0, 0.1) is 6.92 Å². The van der Waals surface area contributed by atoms with Crippen molar-refractivity contribution in [1.82, 2.24) is 19.4 Å². The maximum absolute atomic E-state index is 12.9. The van der Waals surface area contributed by atoms with Gasteiger partial charge in [-0.05, 0) is 19.4 Å². The Morgan fingerprint density at radius 3 is 2.52 bits per heavy atom. The second-order valence-electron chi connectivity index (χ2n) is 5.82. The molecule has 1 aliphatic heterocycles. The number of alkyl halides is 2. The zero-order valence-corrected chi connectivity index (χ0v) is 14.7. The van der Waals surface area contributed by atoms with Crippen molar-refractivity contribution in [2.45, 2.75) is 39.9 Å². The fourth-order valence-electron chi connectivity index (χ4n) is 3.00. The van der Waals surface area contributed by atoms with Gasteiger partial charge in [-0.2, -0.15) is 0 Å². The van der Waals surface area contributed by atoms with Crippen LogP contribution in [0.25, 0.3) is 10.2 Å². The van der Waals surface area contributed by atoms with E-state index < -0.39 is 24.2 Å². The Labute approximate surface area is 145 Å². The monoisotopic (exact) mass is 372 g/mol. The van der Waals surface area contributed by atoms with E-state index in [4.69, 9.17) is 0 Å². The Morgan fingerprint density at radius 1 is 1.24 bits per heavy atom. The topological polar surface area (TPSA) is 76.3 Å². The van der Waals surface area contributed by atoms with Gasteiger partial charge < -0.3 is 10.2 Å². The largest absolute Gasteiger partial charge is 0.336 e. The summed E-state index contributed by atoms with van der Waals surface area (Å²) in [5.74, 6) is 0. The number of aromatic nitrogens is 2. The summed E-state index contributed by atoms with van der Waals surface area (Å²) in [6.45, 7) is 4.05. The van der Waals surface area contributed by atoms with Crippen molar-refractivity contribution < 1.29 is 13.6 Å². The van der Waals surface area contributed by atoms with Crippen LogP contribution in [0.15, 0.2) is 9.59 Å². The second-order valence-corrected chi connectivity index (χ2v) is 6.90. The van der Waals surface area contributed by atoms with E-state index in [0.29, 0.717) is 18.7 Å². The molecule has 25 heavy (non-hydrogen) atoms. The van der Waals surface area contributed by atoms with Gasteiger partial charge in [0.15, 0.2) is 0 Å². The van der Waals surface area contributed by atoms with Crippen LogP contribution < -0.4 is 16.6 Å². The lowest BCUT2D eigenvalue weighted by molar-refractivity contribution is 0.126. The number of halogens is 2. The molecule has 0 aromatic carbocycles. The van der Waals surface area contributed by atoms with Crippen LogP contribution in [0.1, 0.15) is 17.4 Å². The molecular weight excluding hydrogens is 354 g/mol. The Bertz CT molecular complexity index is 947. The molecule has 1 aliphatic rings. The van der Waals surface area contributed by atoms with Crippen LogP contribution in [0.4, 0.5) is 13.6 Å². The van der Waals surface area contributed by atoms with Gasteiger partial charge in [0, 0.05) is 24.5 Å². The van der Waals surface area contributed by atoms with Gasteiger partial charge in [-0.15, -0.1) is 11.3 Å². The highest BCUT2D eigenvalue weighted by molar-refractivity contribution is 7.18. The number of nitrogens with zero attached hydrogens (tertiary/aromatic N) is 3. The second kappa shape index (κ2) is 6.58. The number of hydrogen-bond donors (Lipinski definition) is 1. The molecule has 1 fully saturated rings. The summed E-state index contributed by atoms with van der Waals surface area (Å²) in [4.78, 5) is 39.3. The van der Waals surface area contributed by atoms with Crippen LogP contribution in [0.2, 0.25) is 0 Å². The highest BCUT2D eigenvalue weighted by Crippen LogP contribution is 2.29. The first-order valence-electron chi connectivity index (χ1n) is 7.91. The van der Waals surface area contributed by atoms with E-state index in [-0.39, 0.29) is 29.3 Å². The van der Waals surface area contributed by atoms with Gasteiger partial charge in [-0.3, -0.25) is 13.9 Å². The van der Waals surface area contributed by atoms with Crippen LogP contribution in [0.5, 0.6) is 0 Å². The molecular formula is C15H18F2N4O3S. The van der Waals surface area contributed by atoms with E-state index in [0.717, 1.165) is 25.3 Å². The summed E-state index contributed by atoms with van der Waals surface area (Å²) < 4.78 is 27.8. The third-order valence-corrected chi connectivity index (χ3v) is 5.61. The molecule has 0 atom stereocenters. The molecule has 0 spiro atoms. The molecule has 1 N–H and O–H groups in total. The lowest BCUT2D eigenvalue weighted by Gasteiger charge is -2.12. The van der Waals surface area contributed by atoms with Gasteiger partial charge in [-0.1, -0.05) is 0 Å². The maximum Gasteiger partial charge on any atom is 0.332 e. The number of nitrogens with one attached hydrogen (secondary N) is 1. The van der Waals surface area contributed by atoms with Crippen molar-refractivity contribution in [2.24, 2.45) is 0 Å². The number of urea groups is 1. The Hall–Kier alpha value is -2.23. The molecule has 2 aromatic rings. The lowest BCUT2D eigenvalue weighted by atomic mass is 10.2. The van der Waals surface area contributed by atoms with Gasteiger partial charge in [0.2, 0.25) is 0 Å². The highest BCUT2D eigenvalue weighted by Gasteiger charge is 2.25. The van der Waals surface area contributed by atoms with Crippen molar-refractivity contribution in [1.29, 1.82) is 0 Å². The first kappa shape index (κ1) is 17.6. The SMILES string of the molecule is CCn1c(=O)c2c(C)c(CN3CCNC3=O)sc2n(CC(F)F)c1=O. The van der Waals surface area contributed by atoms with Crippen LogP contribution in [-0.2, 0) is 19.6 Å². The van der Waals surface area contributed by atoms with E-state index in [1.807, 2.05) is 0 Å². The van der Waals surface area contributed by atoms with Crippen molar-refractivity contribution in [3.8, 4) is 0 Å².